The molecule has 1 N–H and O–H groups in total. The summed E-state index contributed by atoms with van der Waals surface area (Å²) in [5.41, 5.74) is 3.93. The lowest BCUT2D eigenvalue weighted by atomic mass is 10.1. The molecule has 26 heavy (non-hydrogen) atoms. The fourth-order valence-corrected chi connectivity index (χ4v) is 2.76. The molecular weight excluding hydrogens is 330 g/mol. The van der Waals surface area contributed by atoms with Crippen LogP contribution in [0.1, 0.15) is 17.7 Å². The number of nitrogens with zero attached hydrogens (tertiary/aromatic N) is 4. The van der Waals surface area contributed by atoms with Gasteiger partial charge >= 0.3 is 0 Å². The van der Waals surface area contributed by atoms with E-state index in [1.54, 1.807) is 17.1 Å². The van der Waals surface area contributed by atoms with Crippen molar-refractivity contribution < 1.29 is 9.63 Å². The first-order valence-electron chi connectivity index (χ1n) is 8.26. The van der Waals surface area contributed by atoms with Gasteiger partial charge in [-0.25, -0.2) is 4.68 Å². The molecule has 0 radical (unpaired) electrons. The van der Waals surface area contributed by atoms with Gasteiger partial charge in [-0.2, -0.15) is 5.10 Å². The van der Waals surface area contributed by atoms with Crippen LogP contribution in [0, 0.1) is 6.92 Å². The normalized spacial score (nSPS) is 16.0. The van der Waals surface area contributed by atoms with Crippen molar-refractivity contribution in [3.8, 4) is 5.69 Å². The van der Waals surface area contributed by atoms with Gasteiger partial charge in [-0.05, 0) is 37.3 Å². The smallest absolute Gasteiger partial charge is 0.268 e. The second kappa shape index (κ2) is 6.79. The summed E-state index contributed by atoms with van der Waals surface area (Å²) in [4.78, 5) is 22.0. The van der Waals surface area contributed by atoms with Crippen molar-refractivity contribution in [3.63, 3.8) is 0 Å². The maximum Gasteiger partial charge on any atom is 0.268 e. The Balaban J connectivity index is 1.48. The summed E-state index contributed by atoms with van der Waals surface area (Å²) in [6, 6.07) is 13.1. The molecule has 0 saturated carbocycles. The van der Waals surface area contributed by atoms with E-state index in [0.717, 1.165) is 16.9 Å². The minimum absolute atomic E-state index is 0.246. The number of hydrogen-bond donors (Lipinski definition) is 1. The van der Waals surface area contributed by atoms with Gasteiger partial charge in [-0.3, -0.25) is 9.78 Å². The molecule has 130 valence electrons. The zero-order valence-electron chi connectivity index (χ0n) is 14.2. The number of nitrogens with one attached hydrogen (secondary N) is 1. The molecule has 0 aliphatic carbocycles. The number of hydrogen-bond acceptors (Lipinski definition) is 5. The molecule has 1 aliphatic rings. The Morgan fingerprint density at radius 3 is 2.88 bits per heavy atom. The second-order valence-corrected chi connectivity index (χ2v) is 5.99. The van der Waals surface area contributed by atoms with Gasteiger partial charge in [0.2, 0.25) is 6.10 Å². The number of rotatable bonds is 4. The average molecular weight is 347 g/mol. The van der Waals surface area contributed by atoms with Gasteiger partial charge in [0.25, 0.3) is 5.91 Å². The fourth-order valence-electron chi connectivity index (χ4n) is 2.76. The van der Waals surface area contributed by atoms with Gasteiger partial charge in [-0.1, -0.05) is 17.3 Å². The van der Waals surface area contributed by atoms with Crippen molar-refractivity contribution in [2.24, 2.45) is 5.16 Å². The van der Waals surface area contributed by atoms with Crippen molar-refractivity contribution in [1.29, 1.82) is 0 Å². The van der Waals surface area contributed by atoms with Crippen LogP contribution in [-0.4, -0.2) is 32.5 Å². The largest absolute Gasteiger partial charge is 0.382 e. The first-order chi connectivity index (χ1) is 12.7. The van der Waals surface area contributed by atoms with E-state index in [4.69, 9.17) is 4.84 Å². The molecule has 0 saturated heterocycles. The van der Waals surface area contributed by atoms with Gasteiger partial charge in [0.1, 0.15) is 0 Å². The van der Waals surface area contributed by atoms with Gasteiger partial charge in [0, 0.05) is 30.6 Å². The highest BCUT2D eigenvalue weighted by Crippen LogP contribution is 2.22. The zero-order chi connectivity index (χ0) is 17.9. The number of benzene rings is 1. The molecule has 1 aliphatic heterocycles. The van der Waals surface area contributed by atoms with E-state index in [1.165, 1.54) is 0 Å². The Morgan fingerprint density at radius 2 is 2.12 bits per heavy atom. The lowest BCUT2D eigenvalue weighted by Gasteiger charge is -2.13. The van der Waals surface area contributed by atoms with Crippen LogP contribution in [0.5, 0.6) is 0 Å². The number of aromatic nitrogens is 3. The Kier molecular flexibility index (Phi) is 4.18. The van der Waals surface area contributed by atoms with E-state index in [1.807, 2.05) is 55.6 Å². The molecule has 3 aromatic rings. The van der Waals surface area contributed by atoms with Crippen molar-refractivity contribution >= 4 is 17.3 Å². The van der Waals surface area contributed by atoms with Gasteiger partial charge in [0.05, 0.1) is 22.8 Å². The highest BCUT2D eigenvalue weighted by atomic mass is 16.6. The van der Waals surface area contributed by atoms with Crippen LogP contribution in [0.25, 0.3) is 5.69 Å². The molecule has 1 atom stereocenters. The third kappa shape index (κ3) is 3.19. The van der Waals surface area contributed by atoms with Crippen LogP contribution >= 0.6 is 0 Å². The molecule has 0 unspecified atom stereocenters. The van der Waals surface area contributed by atoms with Crippen molar-refractivity contribution in [2.45, 2.75) is 19.4 Å². The standard InChI is InChI=1S/C19H17N5O2/c1-13-8-10-24(22-13)17-7-3-2-6-15(17)21-19(25)18-11-16(23-26-18)14-5-4-9-20-12-14/h2-10,12,18H,11H2,1H3,(H,21,25)/t18-/m1/s1. The zero-order valence-corrected chi connectivity index (χ0v) is 14.2. The highest BCUT2D eigenvalue weighted by Gasteiger charge is 2.29. The molecule has 7 nitrogen and oxygen atoms in total. The summed E-state index contributed by atoms with van der Waals surface area (Å²) in [5, 5.41) is 11.4. The van der Waals surface area contributed by atoms with E-state index in [0.29, 0.717) is 17.8 Å². The first kappa shape index (κ1) is 16.0. The van der Waals surface area contributed by atoms with Crippen LogP contribution in [-0.2, 0) is 9.63 Å². The quantitative estimate of drug-likeness (QED) is 0.787. The number of pyridine rings is 1. The van der Waals surface area contributed by atoms with Crippen LogP contribution in [0.3, 0.4) is 0 Å². The SMILES string of the molecule is Cc1ccn(-c2ccccc2NC(=O)[C@H]2CC(c3cccnc3)=NO2)n1. The van der Waals surface area contributed by atoms with E-state index in [2.05, 4.69) is 20.6 Å². The number of oxime groups is 1. The van der Waals surface area contributed by atoms with E-state index >= 15 is 0 Å². The topological polar surface area (TPSA) is 81.4 Å². The van der Waals surface area contributed by atoms with E-state index < -0.39 is 6.10 Å². The summed E-state index contributed by atoms with van der Waals surface area (Å²) in [6.07, 6.45) is 4.99. The molecule has 0 fully saturated rings. The van der Waals surface area contributed by atoms with Crippen LogP contribution in [0.4, 0.5) is 5.69 Å². The Morgan fingerprint density at radius 1 is 1.23 bits per heavy atom. The summed E-state index contributed by atoms with van der Waals surface area (Å²) in [7, 11) is 0. The van der Waals surface area contributed by atoms with Crippen LogP contribution in [0.15, 0.2) is 66.2 Å². The van der Waals surface area contributed by atoms with Crippen molar-refractivity contribution in [1.82, 2.24) is 14.8 Å². The van der Waals surface area contributed by atoms with E-state index in [-0.39, 0.29) is 5.91 Å². The summed E-state index contributed by atoms with van der Waals surface area (Å²) in [6.45, 7) is 1.92. The predicted molar refractivity (Wildman–Crippen MR) is 97.2 cm³/mol. The lowest BCUT2D eigenvalue weighted by molar-refractivity contribution is -0.125. The fraction of sp³-hybridized carbons (Fsp3) is 0.158. The Hall–Kier alpha value is -3.48. The maximum absolute atomic E-state index is 12.6. The van der Waals surface area contributed by atoms with Crippen LogP contribution in [0.2, 0.25) is 0 Å². The van der Waals surface area contributed by atoms with Gasteiger partial charge in [0.15, 0.2) is 0 Å². The Labute approximate surface area is 150 Å². The number of carbonyl (C=O) groups excluding carboxylic acids is 1. The first-order valence-corrected chi connectivity index (χ1v) is 8.26. The number of anilines is 1. The summed E-state index contributed by atoms with van der Waals surface area (Å²) < 4.78 is 1.73. The predicted octanol–water partition coefficient (Wildman–Crippen LogP) is 2.71. The van der Waals surface area contributed by atoms with Crippen LogP contribution < -0.4 is 5.32 Å². The molecule has 0 bridgehead atoms. The number of para-hydroxylation sites is 2. The third-order valence-electron chi connectivity index (χ3n) is 4.09. The summed E-state index contributed by atoms with van der Waals surface area (Å²) >= 11 is 0. The second-order valence-electron chi connectivity index (χ2n) is 5.99. The van der Waals surface area contributed by atoms with Gasteiger partial charge < -0.3 is 10.2 Å². The molecule has 0 spiro atoms. The van der Waals surface area contributed by atoms with E-state index in [9.17, 15) is 4.79 Å². The molecule has 3 heterocycles. The van der Waals surface area contributed by atoms with Gasteiger partial charge in [-0.15, -0.1) is 0 Å². The molecule has 1 aromatic carbocycles. The molecule has 1 amide bonds. The molecule has 4 rings (SSSR count). The minimum Gasteiger partial charge on any atom is -0.382 e. The Bertz CT molecular complexity index is 965. The minimum atomic E-state index is -0.669. The number of amides is 1. The number of aryl methyl sites for hydroxylation is 1. The molecular formula is C19H17N5O2. The maximum atomic E-state index is 12.6. The van der Waals surface area contributed by atoms with Crippen molar-refractivity contribution in [3.05, 3.63) is 72.3 Å². The average Bonchev–Trinajstić information content (AvgIpc) is 3.32. The molecule has 7 heteroatoms. The third-order valence-corrected chi connectivity index (χ3v) is 4.09. The monoisotopic (exact) mass is 347 g/mol. The molecule has 2 aromatic heterocycles. The van der Waals surface area contributed by atoms with Crippen molar-refractivity contribution in [2.75, 3.05) is 5.32 Å². The lowest BCUT2D eigenvalue weighted by Crippen LogP contribution is -2.28. The summed E-state index contributed by atoms with van der Waals surface area (Å²) in [5.74, 6) is -0.246. The number of carbonyl (C=O) groups is 1. The highest BCUT2D eigenvalue weighted by molar-refractivity contribution is 6.06.